The van der Waals surface area contributed by atoms with Crippen LogP contribution in [0, 0.1) is 24.0 Å². The molecule has 0 bridgehead atoms. The second-order valence-electron chi connectivity index (χ2n) is 5.74. The zero-order valence-electron chi connectivity index (χ0n) is 14.9. The van der Waals surface area contributed by atoms with Crippen molar-refractivity contribution in [2.75, 3.05) is 6.61 Å². The number of aryl methyl sites for hydroxylation is 2. The van der Waals surface area contributed by atoms with Gasteiger partial charge in [-0.3, -0.25) is 30.6 Å². The lowest BCUT2D eigenvalue weighted by atomic mass is 10.1. The Morgan fingerprint density at radius 3 is 2.63 bits per heavy atom. The molecule has 0 spiro atoms. The molecule has 0 saturated carbocycles. The fourth-order valence-corrected chi connectivity index (χ4v) is 2.18. The number of amides is 2. The number of para-hydroxylation sites is 1. The molecule has 0 fully saturated rings. The molecular weight excluding hydrogens is 350 g/mol. The number of hydrogen-bond donors (Lipinski definition) is 2. The first kappa shape index (κ1) is 19.6. The number of rotatable bonds is 6. The highest BCUT2D eigenvalue weighted by molar-refractivity contribution is 5.93. The van der Waals surface area contributed by atoms with Crippen molar-refractivity contribution in [3.8, 4) is 5.75 Å². The van der Waals surface area contributed by atoms with Gasteiger partial charge in [-0.25, -0.2) is 0 Å². The first-order chi connectivity index (χ1) is 12.9. The largest absolute Gasteiger partial charge is 0.483 e. The molecule has 2 aromatic carbocycles. The summed E-state index contributed by atoms with van der Waals surface area (Å²) in [6.45, 7) is 3.51. The van der Waals surface area contributed by atoms with Crippen LogP contribution in [-0.4, -0.2) is 23.3 Å². The van der Waals surface area contributed by atoms with Crippen molar-refractivity contribution in [3.63, 3.8) is 0 Å². The van der Waals surface area contributed by atoms with Crippen LogP contribution < -0.4 is 15.6 Å². The Hall–Kier alpha value is -3.68. The van der Waals surface area contributed by atoms with E-state index in [1.807, 2.05) is 32.0 Å². The van der Waals surface area contributed by atoms with Crippen molar-refractivity contribution in [3.05, 3.63) is 75.3 Å². The third-order valence-electron chi connectivity index (χ3n) is 3.58. The molecule has 0 atom stereocenters. The van der Waals surface area contributed by atoms with Gasteiger partial charge in [0, 0.05) is 12.1 Å². The van der Waals surface area contributed by atoms with Crippen molar-refractivity contribution in [1.29, 1.82) is 0 Å². The summed E-state index contributed by atoms with van der Waals surface area (Å²) in [5.74, 6) is -0.579. The van der Waals surface area contributed by atoms with Crippen molar-refractivity contribution in [1.82, 2.24) is 10.9 Å². The molecule has 0 unspecified atom stereocenters. The predicted octanol–water partition coefficient (Wildman–Crippen LogP) is 2.45. The molecule has 0 radical (unpaired) electrons. The second kappa shape index (κ2) is 9.14. The van der Waals surface area contributed by atoms with Gasteiger partial charge in [-0.1, -0.05) is 24.3 Å². The number of carbonyl (C=O) groups is 2. The lowest BCUT2D eigenvalue weighted by Crippen LogP contribution is -2.43. The monoisotopic (exact) mass is 369 g/mol. The van der Waals surface area contributed by atoms with Crippen LogP contribution in [0.5, 0.6) is 5.75 Å². The molecule has 2 amide bonds. The highest BCUT2D eigenvalue weighted by Gasteiger charge is 2.10. The minimum atomic E-state index is -0.631. The van der Waals surface area contributed by atoms with Gasteiger partial charge in [0.15, 0.2) is 6.61 Å². The van der Waals surface area contributed by atoms with Gasteiger partial charge in [-0.15, -0.1) is 0 Å². The Kier molecular flexibility index (Phi) is 6.65. The van der Waals surface area contributed by atoms with E-state index >= 15 is 0 Å². The Morgan fingerprint density at radius 2 is 1.89 bits per heavy atom. The minimum absolute atomic E-state index is 0.118. The number of nitro benzene ring substituents is 1. The minimum Gasteiger partial charge on any atom is -0.483 e. The molecule has 0 aromatic heterocycles. The van der Waals surface area contributed by atoms with Gasteiger partial charge >= 0.3 is 0 Å². The molecule has 2 aromatic rings. The van der Waals surface area contributed by atoms with Crippen LogP contribution in [0.1, 0.15) is 16.7 Å². The van der Waals surface area contributed by atoms with E-state index in [-0.39, 0.29) is 17.9 Å². The zero-order valence-corrected chi connectivity index (χ0v) is 14.9. The van der Waals surface area contributed by atoms with Crippen LogP contribution in [0.2, 0.25) is 0 Å². The predicted molar refractivity (Wildman–Crippen MR) is 99.8 cm³/mol. The Labute approximate surface area is 156 Å². The molecule has 8 nitrogen and oxygen atoms in total. The van der Waals surface area contributed by atoms with Crippen molar-refractivity contribution in [2.24, 2.45) is 0 Å². The summed E-state index contributed by atoms with van der Waals surface area (Å²) in [5, 5.41) is 10.9. The van der Waals surface area contributed by atoms with Gasteiger partial charge in [0.25, 0.3) is 17.5 Å². The van der Waals surface area contributed by atoms with E-state index in [0.29, 0.717) is 5.75 Å². The standard InChI is InChI=1S/C19H19N3O5/c1-13-7-8-14(2)17(11-13)27-12-19(24)21-20-18(23)10-9-15-5-3-4-6-16(15)22(25)26/h3-11H,12H2,1-2H3,(H,20,23)(H,21,24)/b10-9+. The number of nitrogens with one attached hydrogen (secondary N) is 2. The van der Waals surface area contributed by atoms with Crippen LogP contribution >= 0.6 is 0 Å². The van der Waals surface area contributed by atoms with Gasteiger partial charge < -0.3 is 4.74 Å². The summed E-state index contributed by atoms with van der Waals surface area (Å²) < 4.78 is 5.43. The maximum Gasteiger partial charge on any atom is 0.276 e. The molecular formula is C19H19N3O5. The van der Waals surface area contributed by atoms with Crippen molar-refractivity contribution >= 4 is 23.6 Å². The third kappa shape index (κ3) is 5.96. The summed E-state index contributed by atoms with van der Waals surface area (Å²) in [7, 11) is 0. The van der Waals surface area contributed by atoms with Crippen LogP contribution in [0.15, 0.2) is 48.5 Å². The number of nitro groups is 1. The first-order valence-corrected chi connectivity index (χ1v) is 8.07. The van der Waals surface area contributed by atoms with Gasteiger partial charge in [0.1, 0.15) is 5.75 Å². The van der Waals surface area contributed by atoms with Gasteiger partial charge in [-0.05, 0) is 43.2 Å². The normalized spacial score (nSPS) is 10.4. The van der Waals surface area contributed by atoms with E-state index in [0.717, 1.165) is 17.2 Å². The average molecular weight is 369 g/mol. The first-order valence-electron chi connectivity index (χ1n) is 8.07. The van der Waals surface area contributed by atoms with Crippen molar-refractivity contribution < 1.29 is 19.2 Å². The Balaban J connectivity index is 1.84. The number of ether oxygens (including phenoxy) is 1. The molecule has 140 valence electrons. The molecule has 2 rings (SSSR count). The number of nitrogens with zero attached hydrogens (tertiary/aromatic N) is 1. The van der Waals surface area contributed by atoms with E-state index in [1.165, 1.54) is 24.3 Å². The lowest BCUT2D eigenvalue weighted by molar-refractivity contribution is -0.385. The van der Waals surface area contributed by atoms with E-state index in [4.69, 9.17) is 4.74 Å². The van der Waals surface area contributed by atoms with E-state index in [2.05, 4.69) is 10.9 Å². The van der Waals surface area contributed by atoms with Gasteiger partial charge in [0.2, 0.25) is 0 Å². The fourth-order valence-electron chi connectivity index (χ4n) is 2.18. The average Bonchev–Trinajstić information content (AvgIpc) is 2.65. The van der Waals surface area contributed by atoms with Gasteiger partial charge in [-0.2, -0.15) is 0 Å². The maximum absolute atomic E-state index is 11.8. The van der Waals surface area contributed by atoms with Crippen LogP contribution in [0.3, 0.4) is 0 Å². The lowest BCUT2D eigenvalue weighted by Gasteiger charge is -2.10. The number of hydrogen-bond acceptors (Lipinski definition) is 5. The molecule has 0 aliphatic carbocycles. The Bertz CT molecular complexity index is 893. The third-order valence-corrected chi connectivity index (χ3v) is 3.58. The molecule has 0 heterocycles. The topological polar surface area (TPSA) is 111 Å². The molecule has 0 saturated heterocycles. The highest BCUT2D eigenvalue weighted by Crippen LogP contribution is 2.19. The molecule has 2 N–H and O–H groups in total. The molecule has 27 heavy (non-hydrogen) atoms. The van der Waals surface area contributed by atoms with Crippen molar-refractivity contribution in [2.45, 2.75) is 13.8 Å². The summed E-state index contributed by atoms with van der Waals surface area (Å²) in [5.41, 5.74) is 6.46. The number of benzene rings is 2. The summed E-state index contributed by atoms with van der Waals surface area (Å²) in [6.07, 6.45) is 2.39. The number of hydrazine groups is 1. The quantitative estimate of drug-likeness (QED) is 0.462. The number of carbonyl (C=O) groups excluding carboxylic acids is 2. The molecule has 0 aliphatic rings. The fraction of sp³-hybridized carbons (Fsp3) is 0.158. The maximum atomic E-state index is 11.8. The van der Waals surface area contributed by atoms with Crippen LogP contribution in [0.25, 0.3) is 6.08 Å². The van der Waals surface area contributed by atoms with E-state index in [9.17, 15) is 19.7 Å². The zero-order chi connectivity index (χ0) is 19.8. The van der Waals surface area contributed by atoms with Gasteiger partial charge in [0.05, 0.1) is 10.5 Å². The highest BCUT2D eigenvalue weighted by atomic mass is 16.6. The van der Waals surface area contributed by atoms with Crippen LogP contribution in [0.4, 0.5) is 5.69 Å². The second-order valence-corrected chi connectivity index (χ2v) is 5.74. The molecule has 0 aliphatic heterocycles. The van der Waals surface area contributed by atoms with Crippen LogP contribution in [-0.2, 0) is 9.59 Å². The summed E-state index contributed by atoms with van der Waals surface area (Å²) in [6, 6.07) is 11.6. The SMILES string of the molecule is Cc1ccc(C)c(OCC(=O)NNC(=O)/C=C/c2ccccc2[N+](=O)[O-])c1. The smallest absolute Gasteiger partial charge is 0.276 e. The molecule has 8 heteroatoms. The Morgan fingerprint density at radius 1 is 1.15 bits per heavy atom. The van der Waals surface area contributed by atoms with E-state index in [1.54, 1.807) is 6.07 Å². The summed E-state index contributed by atoms with van der Waals surface area (Å²) in [4.78, 5) is 33.9. The van der Waals surface area contributed by atoms with E-state index < -0.39 is 16.7 Å². The summed E-state index contributed by atoms with van der Waals surface area (Å²) >= 11 is 0.